The van der Waals surface area contributed by atoms with Gasteiger partial charge in [0.15, 0.2) is 0 Å². The van der Waals surface area contributed by atoms with Crippen LogP contribution in [0.15, 0.2) is 34.2 Å². The minimum Gasteiger partial charge on any atom is -0.468 e. The first-order chi connectivity index (χ1) is 7.27. The number of hydrogen-bond acceptors (Lipinski definition) is 5. The van der Waals surface area contributed by atoms with E-state index in [1.807, 2.05) is 19.1 Å². The molecule has 4 nitrogen and oxygen atoms in total. The van der Waals surface area contributed by atoms with Gasteiger partial charge in [-0.25, -0.2) is 9.97 Å². The zero-order chi connectivity index (χ0) is 10.7. The highest BCUT2D eigenvalue weighted by Crippen LogP contribution is 2.25. The number of rotatable bonds is 3. The summed E-state index contributed by atoms with van der Waals surface area (Å²) in [6.07, 6.45) is 3.14. The van der Waals surface area contributed by atoms with Crippen molar-refractivity contribution >= 4 is 17.6 Å². The topological polar surface area (TPSA) is 64.9 Å². The Morgan fingerprint density at radius 1 is 1.47 bits per heavy atom. The van der Waals surface area contributed by atoms with E-state index in [0.717, 1.165) is 22.1 Å². The van der Waals surface area contributed by atoms with E-state index in [4.69, 9.17) is 10.2 Å². The average molecular weight is 221 g/mol. The molecule has 15 heavy (non-hydrogen) atoms. The van der Waals surface area contributed by atoms with Gasteiger partial charge in [0.25, 0.3) is 0 Å². The summed E-state index contributed by atoms with van der Waals surface area (Å²) in [5.74, 6) is 2.22. The van der Waals surface area contributed by atoms with Crippen molar-refractivity contribution in [3.8, 4) is 0 Å². The van der Waals surface area contributed by atoms with Crippen LogP contribution in [0.2, 0.25) is 0 Å². The lowest BCUT2D eigenvalue weighted by atomic mass is 10.4. The Bertz CT molecular complexity index is 442. The summed E-state index contributed by atoms with van der Waals surface area (Å²) >= 11 is 1.59. The Kier molecular flexibility index (Phi) is 2.91. The van der Waals surface area contributed by atoms with E-state index in [1.165, 1.54) is 6.33 Å². The third kappa shape index (κ3) is 2.30. The molecule has 0 fully saturated rings. The summed E-state index contributed by atoms with van der Waals surface area (Å²) in [6, 6.07) is 3.81. The van der Waals surface area contributed by atoms with E-state index < -0.39 is 0 Å². The molecule has 0 aromatic carbocycles. The molecule has 0 unspecified atom stereocenters. The van der Waals surface area contributed by atoms with Gasteiger partial charge in [-0.2, -0.15) is 0 Å². The van der Waals surface area contributed by atoms with Gasteiger partial charge in [0.2, 0.25) is 0 Å². The first kappa shape index (κ1) is 10.0. The number of hydrogen-bond donors (Lipinski definition) is 1. The zero-order valence-electron chi connectivity index (χ0n) is 8.30. The Morgan fingerprint density at radius 2 is 2.33 bits per heavy atom. The van der Waals surface area contributed by atoms with Crippen LogP contribution in [0.25, 0.3) is 0 Å². The molecule has 0 amide bonds. The molecule has 0 atom stereocenters. The highest BCUT2D eigenvalue weighted by atomic mass is 32.2. The third-order valence-corrected chi connectivity index (χ3v) is 3.12. The first-order valence-corrected chi connectivity index (χ1v) is 5.48. The highest BCUT2D eigenvalue weighted by molar-refractivity contribution is 7.98. The molecule has 2 N–H and O–H groups in total. The maximum absolute atomic E-state index is 5.68. The van der Waals surface area contributed by atoms with Crippen LogP contribution in [-0.4, -0.2) is 9.97 Å². The van der Waals surface area contributed by atoms with Crippen molar-refractivity contribution in [2.45, 2.75) is 17.7 Å². The first-order valence-electron chi connectivity index (χ1n) is 4.49. The number of nitrogens with two attached hydrogens (primary N) is 1. The maximum atomic E-state index is 5.68. The van der Waals surface area contributed by atoms with Crippen LogP contribution >= 0.6 is 11.8 Å². The second-order valence-electron chi connectivity index (χ2n) is 3.06. The van der Waals surface area contributed by atoms with Gasteiger partial charge in [0.1, 0.15) is 22.9 Å². The number of aromatic nitrogens is 2. The molecule has 2 aromatic heterocycles. The van der Waals surface area contributed by atoms with E-state index in [9.17, 15) is 0 Å². The van der Waals surface area contributed by atoms with E-state index in [1.54, 1.807) is 18.0 Å². The minimum atomic E-state index is 0.534. The second-order valence-corrected chi connectivity index (χ2v) is 4.02. The van der Waals surface area contributed by atoms with E-state index >= 15 is 0 Å². The normalized spacial score (nSPS) is 10.5. The molecule has 78 valence electrons. The lowest BCUT2D eigenvalue weighted by molar-refractivity contribution is 0.530. The van der Waals surface area contributed by atoms with Crippen LogP contribution in [0.5, 0.6) is 0 Å². The van der Waals surface area contributed by atoms with Gasteiger partial charge >= 0.3 is 0 Å². The molecule has 0 aliphatic carbocycles. The lowest BCUT2D eigenvalue weighted by Crippen LogP contribution is -1.97. The van der Waals surface area contributed by atoms with Crippen molar-refractivity contribution in [1.29, 1.82) is 0 Å². The van der Waals surface area contributed by atoms with Crippen molar-refractivity contribution in [2.75, 3.05) is 5.73 Å². The largest absolute Gasteiger partial charge is 0.468 e. The summed E-state index contributed by atoms with van der Waals surface area (Å²) in [4.78, 5) is 8.08. The Hall–Kier alpha value is -1.49. The van der Waals surface area contributed by atoms with Gasteiger partial charge < -0.3 is 10.2 Å². The van der Waals surface area contributed by atoms with Crippen LogP contribution in [0.1, 0.15) is 11.3 Å². The molecule has 0 saturated heterocycles. The average Bonchev–Trinajstić information content (AvgIpc) is 2.73. The van der Waals surface area contributed by atoms with E-state index in [0.29, 0.717) is 5.82 Å². The van der Waals surface area contributed by atoms with E-state index in [-0.39, 0.29) is 0 Å². The van der Waals surface area contributed by atoms with Crippen molar-refractivity contribution in [3.63, 3.8) is 0 Å². The molecular weight excluding hydrogens is 210 g/mol. The molecule has 2 heterocycles. The van der Waals surface area contributed by atoms with Gasteiger partial charge in [-0.15, -0.1) is 0 Å². The smallest absolute Gasteiger partial charge is 0.130 e. The molecule has 0 bridgehead atoms. The van der Waals surface area contributed by atoms with Crippen LogP contribution in [0.3, 0.4) is 0 Å². The highest BCUT2D eigenvalue weighted by Gasteiger charge is 2.05. The molecule has 2 aromatic rings. The van der Waals surface area contributed by atoms with Gasteiger partial charge in [0.05, 0.1) is 12.0 Å². The number of thioether (sulfide) groups is 1. The Morgan fingerprint density at radius 3 is 3.07 bits per heavy atom. The predicted octanol–water partition coefficient (Wildman–Crippen LogP) is 2.25. The summed E-state index contributed by atoms with van der Waals surface area (Å²) in [6.45, 7) is 1.92. The van der Waals surface area contributed by atoms with Crippen LogP contribution in [0.4, 0.5) is 5.82 Å². The van der Waals surface area contributed by atoms with Crippen molar-refractivity contribution in [3.05, 3.63) is 36.0 Å². The molecule has 0 saturated carbocycles. The minimum absolute atomic E-state index is 0.534. The molecule has 0 spiro atoms. The molecule has 0 aliphatic rings. The SMILES string of the molecule is Cc1c(N)ncnc1SCc1ccco1. The summed E-state index contributed by atoms with van der Waals surface area (Å²) in [5.41, 5.74) is 6.61. The van der Waals surface area contributed by atoms with Crippen LogP contribution < -0.4 is 5.73 Å². The van der Waals surface area contributed by atoms with Crippen molar-refractivity contribution in [2.24, 2.45) is 0 Å². The predicted molar refractivity (Wildman–Crippen MR) is 59.5 cm³/mol. The molecule has 0 aliphatic heterocycles. The fraction of sp³-hybridized carbons (Fsp3) is 0.200. The maximum Gasteiger partial charge on any atom is 0.130 e. The number of nitrogen functional groups attached to an aromatic ring is 1. The lowest BCUT2D eigenvalue weighted by Gasteiger charge is -2.04. The van der Waals surface area contributed by atoms with Crippen molar-refractivity contribution in [1.82, 2.24) is 9.97 Å². The Balaban J connectivity index is 2.08. The molecular formula is C10H11N3OS. The molecule has 2 rings (SSSR count). The monoisotopic (exact) mass is 221 g/mol. The Labute approximate surface area is 91.9 Å². The van der Waals surface area contributed by atoms with Gasteiger partial charge in [0, 0.05) is 5.56 Å². The van der Waals surface area contributed by atoms with Crippen LogP contribution in [0, 0.1) is 6.92 Å². The fourth-order valence-corrected chi connectivity index (χ4v) is 2.01. The number of furan rings is 1. The molecule has 0 radical (unpaired) electrons. The summed E-state index contributed by atoms with van der Waals surface area (Å²) in [5, 5.41) is 0.902. The summed E-state index contributed by atoms with van der Waals surface area (Å²) in [7, 11) is 0. The van der Waals surface area contributed by atoms with Crippen LogP contribution in [-0.2, 0) is 5.75 Å². The van der Waals surface area contributed by atoms with Gasteiger partial charge in [-0.3, -0.25) is 0 Å². The molecule has 5 heteroatoms. The quantitative estimate of drug-likeness (QED) is 0.636. The third-order valence-electron chi connectivity index (χ3n) is 2.01. The number of nitrogens with zero attached hydrogens (tertiary/aromatic N) is 2. The zero-order valence-corrected chi connectivity index (χ0v) is 9.12. The number of anilines is 1. The fourth-order valence-electron chi connectivity index (χ4n) is 1.13. The second kappa shape index (κ2) is 4.35. The standard InChI is InChI=1S/C10H11N3OS/c1-7-9(11)12-6-13-10(7)15-5-8-3-2-4-14-8/h2-4,6H,5H2,1H3,(H2,11,12,13). The summed E-state index contributed by atoms with van der Waals surface area (Å²) < 4.78 is 5.23. The van der Waals surface area contributed by atoms with Gasteiger partial charge in [-0.05, 0) is 19.1 Å². The van der Waals surface area contributed by atoms with Gasteiger partial charge in [-0.1, -0.05) is 11.8 Å². The van der Waals surface area contributed by atoms with Crippen molar-refractivity contribution < 1.29 is 4.42 Å². The van der Waals surface area contributed by atoms with E-state index in [2.05, 4.69) is 9.97 Å².